The summed E-state index contributed by atoms with van der Waals surface area (Å²) in [6, 6.07) is 0. The van der Waals surface area contributed by atoms with Gasteiger partial charge >= 0.3 is 17.9 Å². The molecule has 0 aliphatic heterocycles. The topological polar surface area (TPSA) is 78.9 Å². The Morgan fingerprint density at radius 1 is 0.288 bits per heavy atom. The largest absolute Gasteiger partial charge is 0.462 e. The van der Waals surface area contributed by atoms with Crippen LogP contribution in [0.2, 0.25) is 0 Å². The molecule has 0 aromatic heterocycles. The predicted molar refractivity (Wildman–Crippen MR) is 316 cm³/mol. The van der Waals surface area contributed by atoms with Crippen molar-refractivity contribution in [3.63, 3.8) is 0 Å². The molecule has 1 atom stereocenters. The second-order valence-electron chi connectivity index (χ2n) is 19.9. The van der Waals surface area contributed by atoms with Crippen molar-refractivity contribution in [3.05, 3.63) is 109 Å². The van der Waals surface area contributed by atoms with E-state index in [0.717, 1.165) is 103 Å². The molecule has 0 unspecified atom stereocenters. The summed E-state index contributed by atoms with van der Waals surface area (Å²) in [6.07, 6.45) is 82.4. The van der Waals surface area contributed by atoms with Gasteiger partial charge in [0.15, 0.2) is 6.10 Å². The summed E-state index contributed by atoms with van der Waals surface area (Å²) in [7, 11) is 0. The highest BCUT2D eigenvalue weighted by Crippen LogP contribution is 2.15. The van der Waals surface area contributed by atoms with Crippen LogP contribution in [0.3, 0.4) is 0 Å². The molecule has 0 rings (SSSR count). The molecule has 6 nitrogen and oxygen atoms in total. The van der Waals surface area contributed by atoms with Crippen LogP contribution in [-0.4, -0.2) is 37.2 Å². The Balaban J connectivity index is 4.49. The third kappa shape index (κ3) is 58.8. The van der Waals surface area contributed by atoms with Crippen LogP contribution in [0.25, 0.3) is 0 Å². The van der Waals surface area contributed by atoms with E-state index in [1.54, 1.807) is 0 Å². The minimum atomic E-state index is -0.827. The van der Waals surface area contributed by atoms with Gasteiger partial charge in [0.2, 0.25) is 0 Å². The summed E-state index contributed by atoms with van der Waals surface area (Å²) >= 11 is 0. The molecule has 0 aliphatic rings. The van der Waals surface area contributed by atoms with Gasteiger partial charge in [0.05, 0.1) is 0 Å². The van der Waals surface area contributed by atoms with Crippen LogP contribution in [0, 0.1) is 0 Å². The Bertz CT molecular complexity index is 1490. The minimum absolute atomic E-state index is 0.114. The minimum Gasteiger partial charge on any atom is -0.462 e. The number of unbranched alkanes of at least 4 members (excludes halogenated alkanes) is 25. The maximum absolute atomic E-state index is 12.8. The van der Waals surface area contributed by atoms with Crippen LogP contribution in [0.4, 0.5) is 0 Å². The van der Waals surface area contributed by atoms with E-state index in [9.17, 15) is 14.4 Å². The van der Waals surface area contributed by atoms with E-state index in [0.29, 0.717) is 19.3 Å². The lowest BCUT2D eigenvalue weighted by molar-refractivity contribution is -0.166. The zero-order valence-corrected chi connectivity index (χ0v) is 47.6. The van der Waals surface area contributed by atoms with Gasteiger partial charge in [-0.15, -0.1) is 0 Å². The zero-order chi connectivity index (χ0) is 52.9. The van der Waals surface area contributed by atoms with Crippen molar-refractivity contribution >= 4 is 17.9 Å². The molecule has 73 heavy (non-hydrogen) atoms. The first-order valence-electron chi connectivity index (χ1n) is 30.4. The number of rotatable bonds is 54. The predicted octanol–water partition coefficient (Wildman–Crippen LogP) is 20.7. The number of carbonyl (C=O) groups excluding carboxylic acids is 3. The average Bonchev–Trinajstić information content (AvgIpc) is 3.39. The molecule has 0 aromatic carbocycles. The first-order valence-corrected chi connectivity index (χ1v) is 30.4. The van der Waals surface area contributed by atoms with Gasteiger partial charge < -0.3 is 14.2 Å². The highest BCUT2D eigenvalue weighted by atomic mass is 16.6. The fraction of sp³-hybridized carbons (Fsp3) is 0.687. The van der Waals surface area contributed by atoms with Crippen molar-refractivity contribution < 1.29 is 28.6 Å². The zero-order valence-electron chi connectivity index (χ0n) is 47.6. The van der Waals surface area contributed by atoms with Crippen LogP contribution in [0.5, 0.6) is 0 Å². The van der Waals surface area contributed by atoms with Gasteiger partial charge in [-0.1, -0.05) is 252 Å². The van der Waals surface area contributed by atoms with Crippen LogP contribution < -0.4 is 0 Å². The van der Waals surface area contributed by atoms with Crippen molar-refractivity contribution in [1.29, 1.82) is 0 Å². The Labute approximate surface area is 450 Å². The van der Waals surface area contributed by atoms with Gasteiger partial charge in [-0.05, 0) is 116 Å². The van der Waals surface area contributed by atoms with Crippen LogP contribution >= 0.6 is 0 Å². The molecule has 0 saturated heterocycles. The van der Waals surface area contributed by atoms with Crippen LogP contribution in [0.15, 0.2) is 109 Å². The van der Waals surface area contributed by atoms with Gasteiger partial charge in [-0.25, -0.2) is 0 Å². The Hall–Kier alpha value is -3.93. The van der Waals surface area contributed by atoms with Gasteiger partial charge in [0, 0.05) is 19.3 Å². The van der Waals surface area contributed by atoms with Crippen molar-refractivity contribution in [1.82, 2.24) is 0 Å². The van der Waals surface area contributed by atoms with E-state index in [2.05, 4.69) is 124 Å². The monoisotopic (exact) mass is 1010 g/mol. The van der Waals surface area contributed by atoms with Crippen LogP contribution in [0.1, 0.15) is 278 Å². The summed E-state index contributed by atoms with van der Waals surface area (Å²) in [6.45, 7) is 6.43. The fourth-order valence-corrected chi connectivity index (χ4v) is 8.20. The number of esters is 3. The normalized spacial score (nSPS) is 12.9. The summed E-state index contributed by atoms with van der Waals surface area (Å²) in [5, 5.41) is 0. The Kier molecular flexibility index (Phi) is 57.4. The molecular weight excluding hydrogens is 901 g/mol. The second kappa shape index (κ2) is 60.6. The molecule has 0 saturated carbocycles. The van der Waals surface area contributed by atoms with E-state index in [1.165, 1.54) is 128 Å². The number of hydrogen-bond acceptors (Lipinski definition) is 6. The van der Waals surface area contributed by atoms with Gasteiger partial charge in [-0.2, -0.15) is 0 Å². The van der Waals surface area contributed by atoms with Crippen molar-refractivity contribution in [2.24, 2.45) is 0 Å². The van der Waals surface area contributed by atoms with E-state index in [-0.39, 0.29) is 31.6 Å². The van der Waals surface area contributed by atoms with Crippen molar-refractivity contribution in [2.45, 2.75) is 284 Å². The molecule has 0 bridgehead atoms. The molecule has 0 spiro atoms. The molecular formula is C67H112O6. The molecule has 416 valence electrons. The summed E-state index contributed by atoms with van der Waals surface area (Å²) < 4.78 is 16.8. The third-order valence-corrected chi connectivity index (χ3v) is 12.7. The van der Waals surface area contributed by atoms with E-state index >= 15 is 0 Å². The number of carbonyl (C=O) groups is 3. The highest BCUT2D eigenvalue weighted by Gasteiger charge is 2.19. The SMILES string of the molecule is CC/C=C\C/C=C\C/C=C\C/C=C\C/C=C\C/C=C\CCC(=O)O[C@H](COC(=O)CCCCCCC/C=C\C/C=C\CCCCC)COC(=O)CCCCCCCCCCCCC/C=C\CCCCCCCC. The van der Waals surface area contributed by atoms with E-state index < -0.39 is 12.1 Å². The van der Waals surface area contributed by atoms with Gasteiger partial charge in [-0.3, -0.25) is 14.4 Å². The molecule has 6 heteroatoms. The van der Waals surface area contributed by atoms with Gasteiger partial charge in [0.25, 0.3) is 0 Å². The van der Waals surface area contributed by atoms with E-state index in [1.807, 2.05) is 6.08 Å². The highest BCUT2D eigenvalue weighted by molar-refractivity contribution is 5.71. The average molecular weight is 1010 g/mol. The maximum atomic E-state index is 12.8. The Morgan fingerprint density at radius 3 is 0.932 bits per heavy atom. The molecule has 0 fully saturated rings. The molecule has 0 heterocycles. The third-order valence-electron chi connectivity index (χ3n) is 12.7. The number of allylic oxidation sites excluding steroid dienone is 18. The lowest BCUT2D eigenvalue weighted by Gasteiger charge is -2.18. The molecule has 0 aromatic rings. The second-order valence-corrected chi connectivity index (χ2v) is 19.9. The summed E-state index contributed by atoms with van der Waals surface area (Å²) in [5.74, 6) is -1.01. The lowest BCUT2D eigenvalue weighted by Crippen LogP contribution is -2.30. The molecule has 0 N–H and O–H groups in total. The van der Waals surface area contributed by atoms with Gasteiger partial charge in [0.1, 0.15) is 13.2 Å². The van der Waals surface area contributed by atoms with Crippen molar-refractivity contribution in [2.75, 3.05) is 13.2 Å². The first-order chi connectivity index (χ1) is 36.0. The number of hydrogen-bond donors (Lipinski definition) is 0. The molecule has 0 aliphatic carbocycles. The van der Waals surface area contributed by atoms with Crippen molar-refractivity contribution in [3.8, 4) is 0 Å². The van der Waals surface area contributed by atoms with Crippen LogP contribution in [-0.2, 0) is 28.6 Å². The standard InChI is InChI=1S/C67H112O6/c1-4-7-10-13-16-19-22-25-28-30-32-33-35-36-39-42-45-48-51-54-57-60-66(69)72-63-64(62-71-65(68)59-56-53-50-47-44-41-38-27-24-21-18-15-12-9-6-3)73-67(70)61-58-55-52-49-46-43-40-37-34-31-29-26-23-20-17-14-11-8-5-2/h8,11,17-18,20-21,25-29,34,37-38,43,46,52,55,64H,4-7,9-10,12-16,19,22-24,30-33,35-36,39-42,44-45,47-51,53-54,56-63H2,1-3H3/b11-8-,20-17-,21-18-,28-25-,29-26-,37-34-,38-27-,46-43-,55-52-/t64-/m1/s1. The molecule has 0 radical (unpaired) electrons. The maximum Gasteiger partial charge on any atom is 0.306 e. The summed E-state index contributed by atoms with van der Waals surface area (Å²) in [5.41, 5.74) is 0. The fourth-order valence-electron chi connectivity index (χ4n) is 8.20. The smallest absolute Gasteiger partial charge is 0.306 e. The number of ether oxygens (including phenoxy) is 3. The first kappa shape index (κ1) is 69.1. The summed E-state index contributed by atoms with van der Waals surface area (Å²) in [4.78, 5) is 38.2. The quantitative estimate of drug-likeness (QED) is 0.0261. The lowest BCUT2D eigenvalue weighted by atomic mass is 10.0. The van der Waals surface area contributed by atoms with E-state index in [4.69, 9.17) is 14.2 Å². The molecule has 0 amide bonds. The Morgan fingerprint density at radius 2 is 0.562 bits per heavy atom.